The summed E-state index contributed by atoms with van der Waals surface area (Å²) in [6.07, 6.45) is 2.81. The van der Waals surface area contributed by atoms with Crippen LogP contribution >= 0.6 is 0 Å². The van der Waals surface area contributed by atoms with Crippen LogP contribution < -0.4 is 5.11 Å². The van der Waals surface area contributed by atoms with Crippen LogP contribution in [0.25, 0.3) is 6.08 Å². The first kappa shape index (κ1) is 13.3. The number of rotatable bonds is 4. The van der Waals surface area contributed by atoms with Gasteiger partial charge in [0.05, 0.1) is 0 Å². The van der Waals surface area contributed by atoms with E-state index in [1.54, 1.807) is 0 Å². The Hall–Kier alpha value is -2.76. The third-order valence-corrected chi connectivity index (χ3v) is 1.92. The van der Waals surface area contributed by atoms with Crippen LogP contribution in [0.3, 0.4) is 0 Å². The molecule has 1 rings (SSSR count). The van der Waals surface area contributed by atoms with Crippen molar-refractivity contribution >= 4 is 17.8 Å². The van der Waals surface area contributed by atoms with E-state index in [2.05, 4.69) is 0 Å². The lowest BCUT2D eigenvalue weighted by Gasteiger charge is -2.07. The lowest BCUT2D eigenvalue weighted by molar-refractivity contribution is -0.270. The fourth-order valence-electron chi connectivity index (χ4n) is 1.06. The first-order chi connectivity index (χ1) is 8.40. The van der Waals surface area contributed by atoms with Gasteiger partial charge in [-0.25, -0.2) is 4.79 Å². The van der Waals surface area contributed by atoms with Crippen molar-refractivity contribution in [3.63, 3.8) is 0 Å². The third kappa shape index (κ3) is 3.67. The molecule has 94 valence electrons. The molecule has 0 aliphatic carbocycles. The van der Waals surface area contributed by atoms with Gasteiger partial charge in [0, 0.05) is 6.08 Å². The average Bonchev–Trinajstić information content (AvgIpc) is 2.30. The molecule has 0 radical (unpaired) electrons. The van der Waals surface area contributed by atoms with Gasteiger partial charge in [-0.05, 0) is 17.7 Å². The monoisotopic (exact) mass is 249 g/mol. The molecule has 0 bridgehead atoms. The first-order valence-corrected chi connectivity index (χ1v) is 4.76. The highest BCUT2D eigenvalue weighted by Gasteiger charge is 2.05. The van der Waals surface area contributed by atoms with Gasteiger partial charge < -0.3 is 20.4 Å². The Morgan fingerprint density at radius 1 is 1.22 bits per heavy atom. The zero-order valence-corrected chi connectivity index (χ0v) is 9.03. The number of aliphatic hydroxyl groups excluding tert-OH is 1. The lowest BCUT2D eigenvalue weighted by atomic mass is 10.1. The maximum Gasteiger partial charge on any atom is 0.371 e. The number of carbonyl (C=O) groups excluding carboxylic acids is 1. The summed E-state index contributed by atoms with van der Waals surface area (Å²) in [5.41, 5.74) is 0.392. The lowest BCUT2D eigenvalue weighted by Crippen LogP contribution is -2.01. The summed E-state index contributed by atoms with van der Waals surface area (Å²) in [6, 6.07) is 3.67. The average molecular weight is 249 g/mol. The van der Waals surface area contributed by atoms with E-state index in [-0.39, 0.29) is 0 Å². The Balaban J connectivity index is 2.81. The van der Waals surface area contributed by atoms with Crippen molar-refractivity contribution in [2.45, 2.75) is 0 Å². The van der Waals surface area contributed by atoms with Crippen molar-refractivity contribution in [2.75, 3.05) is 0 Å². The Kier molecular flexibility index (Phi) is 4.09. The minimum absolute atomic E-state index is 0.392. The largest absolute Gasteiger partial charge is 0.870 e. The van der Waals surface area contributed by atoms with Gasteiger partial charge in [0.25, 0.3) is 0 Å². The van der Waals surface area contributed by atoms with Crippen LogP contribution in [-0.2, 0) is 9.59 Å². The Bertz CT molecular complexity index is 541. The van der Waals surface area contributed by atoms with Crippen LogP contribution in [-0.4, -0.2) is 27.1 Å². The quantitative estimate of drug-likeness (QED) is 0.530. The topological polar surface area (TPSA) is 118 Å². The molecule has 0 aliphatic rings. The van der Waals surface area contributed by atoms with E-state index in [1.807, 2.05) is 0 Å². The second-order valence-corrected chi connectivity index (χ2v) is 3.30. The van der Waals surface area contributed by atoms with E-state index in [0.29, 0.717) is 11.6 Å². The van der Waals surface area contributed by atoms with E-state index < -0.39 is 29.0 Å². The molecule has 0 amide bonds. The molecule has 3 N–H and O–H groups in total. The van der Waals surface area contributed by atoms with Crippen molar-refractivity contribution in [1.82, 2.24) is 0 Å². The van der Waals surface area contributed by atoms with Crippen LogP contribution in [0.4, 0.5) is 0 Å². The number of carboxylic acid groups (broad SMARTS) is 1. The minimum atomic E-state index is -1.61. The zero-order valence-electron chi connectivity index (χ0n) is 9.03. The van der Waals surface area contributed by atoms with Gasteiger partial charge >= 0.3 is 5.97 Å². The number of benzene rings is 1. The van der Waals surface area contributed by atoms with Gasteiger partial charge in [0.2, 0.25) is 5.76 Å². The molecule has 0 heterocycles. The highest BCUT2D eigenvalue weighted by atomic mass is 16.4. The minimum Gasteiger partial charge on any atom is -0.870 e. The van der Waals surface area contributed by atoms with Crippen molar-refractivity contribution < 1.29 is 30.0 Å². The second kappa shape index (κ2) is 5.53. The standard InChI is InChI=1S/C12H10O6/c13-8(6-11(16)12(17)18)3-1-7-2-4-9(14)10(15)5-7/h1-6,14-16H,(H,17,18)/p-1/b3-1+,11-6+. The summed E-state index contributed by atoms with van der Waals surface area (Å²) in [4.78, 5) is 21.4. The normalized spacial score (nSPS) is 11.7. The van der Waals surface area contributed by atoms with E-state index in [1.165, 1.54) is 12.1 Å². The molecular formula is C12H9O6-. The summed E-state index contributed by atoms with van der Waals surface area (Å²) in [5.74, 6) is -4.40. The number of aromatic hydroxyl groups is 1. The van der Waals surface area contributed by atoms with Gasteiger partial charge in [-0.1, -0.05) is 24.0 Å². The highest BCUT2D eigenvalue weighted by Crippen LogP contribution is 2.22. The molecule has 0 spiro atoms. The van der Waals surface area contributed by atoms with E-state index in [4.69, 9.17) is 15.3 Å². The molecule has 6 heteroatoms. The second-order valence-electron chi connectivity index (χ2n) is 3.30. The molecule has 0 unspecified atom stereocenters. The van der Waals surface area contributed by atoms with Gasteiger partial charge in [-0.15, -0.1) is 0 Å². The maximum atomic E-state index is 11.2. The Morgan fingerprint density at radius 3 is 2.44 bits per heavy atom. The first-order valence-electron chi connectivity index (χ1n) is 4.76. The molecule has 0 aliphatic heterocycles. The summed E-state index contributed by atoms with van der Waals surface area (Å²) < 4.78 is 0. The van der Waals surface area contributed by atoms with Gasteiger partial charge in [0.1, 0.15) is 5.75 Å². The van der Waals surface area contributed by atoms with Crippen molar-refractivity contribution in [1.29, 1.82) is 0 Å². The number of carbonyl (C=O) groups is 2. The Labute approximate surface area is 102 Å². The molecule has 0 aromatic heterocycles. The SMILES string of the molecule is O=C(/C=C/c1ccc([O-])c(O)c1)/C=C(/O)C(=O)O. The molecule has 0 saturated carbocycles. The molecule has 0 atom stereocenters. The fraction of sp³-hybridized carbons (Fsp3) is 0. The summed E-state index contributed by atoms with van der Waals surface area (Å²) in [7, 11) is 0. The van der Waals surface area contributed by atoms with Gasteiger partial charge in [-0.3, -0.25) is 4.79 Å². The number of phenols is 1. The van der Waals surface area contributed by atoms with Gasteiger partial charge in [-0.2, -0.15) is 0 Å². The van der Waals surface area contributed by atoms with E-state index in [9.17, 15) is 14.7 Å². The van der Waals surface area contributed by atoms with Crippen molar-refractivity contribution in [2.24, 2.45) is 0 Å². The predicted octanol–water partition coefficient (Wildman–Crippen LogP) is 0.575. The van der Waals surface area contributed by atoms with Crippen molar-refractivity contribution in [3.8, 4) is 11.5 Å². The summed E-state index contributed by atoms with van der Waals surface area (Å²) >= 11 is 0. The number of ketones is 1. The number of aliphatic hydroxyl groups is 1. The molecular weight excluding hydrogens is 240 g/mol. The van der Waals surface area contributed by atoms with E-state index in [0.717, 1.165) is 18.2 Å². The third-order valence-electron chi connectivity index (χ3n) is 1.92. The predicted molar refractivity (Wildman–Crippen MR) is 59.9 cm³/mol. The molecule has 1 aromatic rings. The highest BCUT2D eigenvalue weighted by molar-refractivity contribution is 6.05. The molecule has 6 nitrogen and oxygen atoms in total. The summed E-state index contributed by atoms with van der Waals surface area (Å²) in [5, 5.41) is 37.1. The fourth-order valence-corrected chi connectivity index (χ4v) is 1.06. The number of carboxylic acids is 1. The zero-order chi connectivity index (χ0) is 13.7. The molecule has 18 heavy (non-hydrogen) atoms. The number of hydrogen-bond donors (Lipinski definition) is 3. The van der Waals surface area contributed by atoms with Crippen LogP contribution in [0.5, 0.6) is 11.5 Å². The van der Waals surface area contributed by atoms with Crippen LogP contribution in [0.1, 0.15) is 5.56 Å². The maximum absolute atomic E-state index is 11.2. The smallest absolute Gasteiger partial charge is 0.371 e. The number of allylic oxidation sites excluding steroid dienone is 2. The molecule has 0 saturated heterocycles. The molecule has 0 fully saturated rings. The number of phenolic OH excluding ortho intramolecular Hbond substituents is 1. The number of aliphatic carboxylic acids is 1. The van der Waals surface area contributed by atoms with Crippen LogP contribution in [0.2, 0.25) is 0 Å². The van der Waals surface area contributed by atoms with E-state index >= 15 is 0 Å². The number of hydrogen-bond acceptors (Lipinski definition) is 5. The van der Waals surface area contributed by atoms with Crippen LogP contribution in [0, 0.1) is 0 Å². The summed E-state index contributed by atoms with van der Waals surface area (Å²) in [6.45, 7) is 0. The van der Waals surface area contributed by atoms with Gasteiger partial charge in [0.15, 0.2) is 5.78 Å². The van der Waals surface area contributed by atoms with Crippen molar-refractivity contribution in [3.05, 3.63) is 41.7 Å². The molecule has 1 aromatic carbocycles. The van der Waals surface area contributed by atoms with Crippen LogP contribution in [0.15, 0.2) is 36.1 Å². The Morgan fingerprint density at radius 2 is 1.89 bits per heavy atom.